The van der Waals surface area contributed by atoms with Crippen LogP contribution >= 0.6 is 0 Å². The molecule has 1 rings (SSSR count). The summed E-state index contributed by atoms with van der Waals surface area (Å²) in [4.78, 5) is 44.4. The van der Waals surface area contributed by atoms with Gasteiger partial charge in [0.05, 0.1) is 6.42 Å². The first-order valence-corrected chi connectivity index (χ1v) is 7.40. The molecule has 0 radical (unpaired) electrons. The van der Waals surface area contributed by atoms with Crippen molar-refractivity contribution in [2.75, 3.05) is 0 Å². The Kier molecular flexibility index (Phi) is 7.42. The molecule has 0 bridgehead atoms. The van der Waals surface area contributed by atoms with Gasteiger partial charge in [0.25, 0.3) is 0 Å². The van der Waals surface area contributed by atoms with Gasteiger partial charge >= 0.3 is 0 Å². The molecule has 21 heavy (non-hydrogen) atoms. The number of nitrogens with one attached hydrogen (secondary N) is 2. The first-order valence-electron chi connectivity index (χ1n) is 7.40. The molecule has 0 aromatic rings. The zero-order valence-electron chi connectivity index (χ0n) is 12.2. The minimum atomic E-state index is -0.709. The molecular formula is C14H23N3O4. The van der Waals surface area contributed by atoms with E-state index in [-0.39, 0.29) is 24.1 Å². The molecule has 0 aromatic heterocycles. The summed E-state index contributed by atoms with van der Waals surface area (Å²) in [5.74, 6) is -1.23. The predicted octanol–water partition coefficient (Wildman–Crippen LogP) is 0.124. The van der Waals surface area contributed by atoms with Crippen molar-refractivity contribution in [1.82, 2.24) is 10.6 Å². The summed E-state index contributed by atoms with van der Waals surface area (Å²) in [7, 11) is 0. The van der Waals surface area contributed by atoms with Gasteiger partial charge in [0.15, 0.2) is 0 Å². The highest BCUT2D eigenvalue weighted by Crippen LogP contribution is 2.09. The van der Waals surface area contributed by atoms with Crippen molar-refractivity contribution >= 4 is 23.6 Å². The average Bonchev–Trinajstić information content (AvgIpc) is 2.70. The lowest BCUT2D eigenvalue weighted by Gasteiger charge is -2.08. The molecule has 118 valence electrons. The Labute approximate surface area is 124 Å². The number of hydrogen-bond donors (Lipinski definition) is 3. The van der Waals surface area contributed by atoms with Gasteiger partial charge < -0.3 is 11.1 Å². The fourth-order valence-electron chi connectivity index (χ4n) is 2.23. The van der Waals surface area contributed by atoms with Crippen LogP contribution in [0.3, 0.4) is 0 Å². The van der Waals surface area contributed by atoms with Crippen LogP contribution in [0.25, 0.3) is 0 Å². The lowest BCUT2D eigenvalue weighted by molar-refractivity contribution is -0.128. The zero-order valence-corrected chi connectivity index (χ0v) is 12.2. The molecule has 1 aliphatic rings. The summed E-state index contributed by atoms with van der Waals surface area (Å²) in [6.45, 7) is 0. The third-order valence-electron chi connectivity index (χ3n) is 3.38. The normalized spacial score (nSPS) is 17.6. The van der Waals surface area contributed by atoms with E-state index < -0.39 is 11.9 Å². The lowest BCUT2D eigenvalue weighted by atomic mass is 10.1. The second kappa shape index (κ2) is 9.10. The Hall–Kier alpha value is -1.92. The molecule has 1 saturated heterocycles. The number of hydrogen-bond acceptors (Lipinski definition) is 4. The number of primary amides is 1. The molecular weight excluding hydrogens is 274 g/mol. The molecule has 1 fully saturated rings. The highest BCUT2D eigenvalue weighted by molar-refractivity contribution is 6.06. The van der Waals surface area contributed by atoms with Crippen LogP contribution in [-0.4, -0.2) is 29.7 Å². The Bertz CT molecular complexity index is 409. The van der Waals surface area contributed by atoms with Gasteiger partial charge in [-0.15, -0.1) is 0 Å². The standard InChI is InChI=1S/C14H23N3O4/c15-11(18)7-5-3-1-2-4-6-8-12(19)16-10-9-13(20)17-14(10)21/h10H,1-9H2,(H2,15,18)(H,16,19)(H,17,20,21)/t10-/m0/s1. The molecule has 4 N–H and O–H groups in total. The van der Waals surface area contributed by atoms with E-state index in [9.17, 15) is 19.2 Å². The molecule has 7 nitrogen and oxygen atoms in total. The van der Waals surface area contributed by atoms with E-state index in [1.165, 1.54) is 0 Å². The van der Waals surface area contributed by atoms with Gasteiger partial charge in [-0.05, 0) is 12.8 Å². The molecule has 4 amide bonds. The fourth-order valence-corrected chi connectivity index (χ4v) is 2.23. The van der Waals surface area contributed by atoms with Crippen molar-refractivity contribution in [3.8, 4) is 0 Å². The third-order valence-corrected chi connectivity index (χ3v) is 3.38. The fraction of sp³-hybridized carbons (Fsp3) is 0.714. The average molecular weight is 297 g/mol. The second-order valence-electron chi connectivity index (χ2n) is 5.32. The number of rotatable bonds is 10. The highest BCUT2D eigenvalue weighted by atomic mass is 16.2. The van der Waals surface area contributed by atoms with Gasteiger partial charge in [-0.1, -0.05) is 25.7 Å². The molecule has 1 aliphatic heterocycles. The zero-order chi connectivity index (χ0) is 15.7. The monoisotopic (exact) mass is 297 g/mol. The Morgan fingerprint density at radius 1 is 1.05 bits per heavy atom. The summed E-state index contributed by atoms with van der Waals surface area (Å²) in [6, 6.07) is -0.709. The molecule has 1 atom stereocenters. The molecule has 7 heteroatoms. The molecule has 0 aliphatic carbocycles. The first kappa shape index (κ1) is 17.1. The quantitative estimate of drug-likeness (QED) is 0.392. The maximum absolute atomic E-state index is 11.6. The maximum Gasteiger partial charge on any atom is 0.249 e. The molecule has 0 unspecified atom stereocenters. The smallest absolute Gasteiger partial charge is 0.249 e. The van der Waals surface area contributed by atoms with Gasteiger partial charge in [0, 0.05) is 12.8 Å². The van der Waals surface area contributed by atoms with Crippen molar-refractivity contribution < 1.29 is 19.2 Å². The van der Waals surface area contributed by atoms with E-state index in [1.54, 1.807) is 0 Å². The molecule has 1 heterocycles. The van der Waals surface area contributed by atoms with Crippen molar-refractivity contribution in [3.05, 3.63) is 0 Å². The van der Waals surface area contributed by atoms with Crippen LogP contribution in [0.1, 0.15) is 57.8 Å². The Balaban J connectivity index is 1.97. The topological polar surface area (TPSA) is 118 Å². The molecule has 0 spiro atoms. The minimum absolute atomic E-state index is 0.0322. The van der Waals surface area contributed by atoms with Gasteiger partial charge in [-0.3, -0.25) is 24.5 Å². The summed E-state index contributed by atoms with van der Waals surface area (Å²) in [5.41, 5.74) is 5.04. The number of unbranched alkanes of at least 4 members (excludes halogenated alkanes) is 5. The van der Waals surface area contributed by atoms with Crippen LogP contribution in [0.4, 0.5) is 0 Å². The van der Waals surface area contributed by atoms with Crippen molar-refractivity contribution in [3.63, 3.8) is 0 Å². The van der Waals surface area contributed by atoms with E-state index in [4.69, 9.17) is 5.73 Å². The number of imide groups is 1. The van der Waals surface area contributed by atoms with Crippen LogP contribution in [0.5, 0.6) is 0 Å². The van der Waals surface area contributed by atoms with Crippen LogP contribution in [0.15, 0.2) is 0 Å². The molecule has 0 aromatic carbocycles. The second-order valence-corrected chi connectivity index (χ2v) is 5.32. The third kappa shape index (κ3) is 7.43. The van der Waals surface area contributed by atoms with Crippen molar-refractivity contribution in [2.24, 2.45) is 5.73 Å². The summed E-state index contributed by atoms with van der Waals surface area (Å²) in [6.07, 6.45) is 6.33. The first-order chi connectivity index (χ1) is 9.99. The van der Waals surface area contributed by atoms with E-state index >= 15 is 0 Å². The summed E-state index contributed by atoms with van der Waals surface area (Å²) in [5, 5.41) is 4.71. The SMILES string of the molecule is NC(=O)CCCCCCCCC(=O)N[C@H]1CC(=O)NC1=O. The van der Waals surface area contributed by atoms with Gasteiger partial charge in [-0.2, -0.15) is 0 Å². The number of amides is 4. The van der Waals surface area contributed by atoms with Gasteiger partial charge in [0.1, 0.15) is 6.04 Å². The van der Waals surface area contributed by atoms with E-state index in [1.807, 2.05) is 0 Å². The number of carbonyl (C=O) groups excluding carboxylic acids is 4. The van der Waals surface area contributed by atoms with Gasteiger partial charge in [-0.25, -0.2) is 0 Å². The lowest BCUT2D eigenvalue weighted by Crippen LogP contribution is -2.40. The Morgan fingerprint density at radius 2 is 1.62 bits per heavy atom. The van der Waals surface area contributed by atoms with Crippen LogP contribution in [0.2, 0.25) is 0 Å². The summed E-state index contributed by atoms with van der Waals surface area (Å²) < 4.78 is 0. The predicted molar refractivity (Wildman–Crippen MR) is 75.8 cm³/mol. The van der Waals surface area contributed by atoms with Crippen molar-refractivity contribution in [2.45, 2.75) is 63.8 Å². The van der Waals surface area contributed by atoms with Crippen LogP contribution < -0.4 is 16.4 Å². The molecule has 0 saturated carbocycles. The largest absolute Gasteiger partial charge is 0.370 e. The van der Waals surface area contributed by atoms with Gasteiger partial charge in [0.2, 0.25) is 23.6 Å². The van der Waals surface area contributed by atoms with Crippen LogP contribution in [0, 0.1) is 0 Å². The highest BCUT2D eigenvalue weighted by Gasteiger charge is 2.31. The Morgan fingerprint density at radius 3 is 2.14 bits per heavy atom. The summed E-state index contributed by atoms with van der Waals surface area (Å²) >= 11 is 0. The van der Waals surface area contributed by atoms with E-state index in [2.05, 4.69) is 10.6 Å². The maximum atomic E-state index is 11.6. The van der Waals surface area contributed by atoms with E-state index in [0.717, 1.165) is 38.5 Å². The minimum Gasteiger partial charge on any atom is -0.370 e. The van der Waals surface area contributed by atoms with Crippen molar-refractivity contribution in [1.29, 1.82) is 0 Å². The number of carbonyl (C=O) groups is 4. The van der Waals surface area contributed by atoms with E-state index in [0.29, 0.717) is 12.8 Å². The van der Waals surface area contributed by atoms with Crippen LogP contribution in [-0.2, 0) is 19.2 Å². The number of nitrogens with two attached hydrogens (primary N) is 1.